The lowest BCUT2D eigenvalue weighted by Gasteiger charge is -2.13. The Labute approximate surface area is 96.8 Å². The molecule has 6 heteroatoms. The number of unbranched alkanes of at least 4 members (excludes halogenated alkanes) is 1. The van der Waals surface area contributed by atoms with Crippen molar-refractivity contribution in [1.82, 2.24) is 0 Å². The number of halogens is 3. The van der Waals surface area contributed by atoms with Crippen LogP contribution in [0, 0.1) is 0 Å². The summed E-state index contributed by atoms with van der Waals surface area (Å²) >= 11 is 0. The Hall–Kier alpha value is -1.43. The van der Waals surface area contributed by atoms with Crippen LogP contribution in [-0.4, -0.2) is 24.7 Å². The molecule has 17 heavy (non-hydrogen) atoms. The van der Waals surface area contributed by atoms with Gasteiger partial charge < -0.3 is 14.6 Å². The van der Waals surface area contributed by atoms with Crippen molar-refractivity contribution in [2.75, 3.05) is 13.2 Å². The van der Waals surface area contributed by atoms with Crippen LogP contribution >= 0.6 is 0 Å². The Morgan fingerprint density at radius 2 is 1.71 bits per heavy atom. The van der Waals surface area contributed by atoms with Crippen molar-refractivity contribution in [2.45, 2.75) is 19.2 Å². The van der Waals surface area contributed by atoms with Gasteiger partial charge in [-0.05, 0) is 25.0 Å². The molecular weight excluding hydrogens is 237 g/mol. The monoisotopic (exact) mass is 250 g/mol. The maximum Gasteiger partial charge on any atom is 0.573 e. The molecule has 0 atom stereocenters. The first-order valence-electron chi connectivity index (χ1n) is 5.11. The second-order valence-corrected chi connectivity index (χ2v) is 3.27. The van der Waals surface area contributed by atoms with E-state index in [0.717, 1.165) is 0 Å². The van der Waals surface area contributed by atoms with Crippen LogP contribution in [0.1, 0.15) is 12.8 Å². The molecule has 0 heterocycles. The van der Waals surface area contributed by atoms with Crippen molar-refractivity contribution in [2.24, 2.45) is 0 Å². The van der Waals surface area contributed by atoms with Gasteiger partial charge in [0.25, 0.3) is 0 Å². The fourth-order valence-corrected chi connectivity index (χ4v) is 1.17. The molecule has 0 amide bonds. The molecule has 0 aliphatic rings. The lowest BCUT2D eigenvalue weighted by atomic mass is 10.3. The van der Waals surface area contributed by atoms with E-state index in [9.17, 15) is 13.2 Å². The fraction of sp³-hybridized carbons (Fsp3) is 0.455. The number of rotatable bonds is 6. The molecule has 3 nitrogen and oxygen atoms in total. The number of aliphatic hydroxyl groups excluding tert-OH is 1. The molecule has 0 radical (unpaired) electrons. The van der Waals surface area contributed by atoms with Gasteiger partial charge in [0.2, 0.25) is 0 Å². The first-order chi connectivity index (χ1) is 8.03. The number of alkyl halides is 3. The molecule has 0 aliphatic carbocycles. The highest BCUT2D eigenvalue weighted by atomic mass is 19.4. The van der Waals surface area contributed by atoms with Crippen LogP contribution in [0.25, 0.3) is 0 Å². The van der Waals surface area contributed by atoms with Crippen molar-refractivity contribution < 1.29 is 27.8 Å². The molecule has 0 unspecified atom stereocenters. The van der Waals surface area contributed by atoms with Gasteiger partial charge in [0.05, 0.1) is 6.61 Å². The number of para-hydroxylation sites is 2. The predicted octanol–water partition coefficient (Wildman–Crippen LogP) is 2.74. The van der Waals surface area contributed by atoms with Gasteiger partial charge in [-0.2, -0.15) is 0 Å². The van der Waals surface area contributed by atoms with E-state index in [2.05, 4.69) is 4.74 Å². The zero-order valence-corrected chi connectivity index (χ0v) is 9.04. The van der Waals surface area contributed by atoms with E-state index in [1.807, 2.05) is 0 Å². The van der Waals surface area contributed by atoms with Gasteiger partial charge in [-0.15, -0.1) is 13.2 Å². The molecule has 0 saturated heterocycles. The van der Waals surface area contributed by atoms with Gasteiger partial charge in [0, 0.05) is 6.61 Å². The lowest BCUT2D eigenvalue weighted by Crippen LogP contribution is -2.17. The average Bonchev–Trinajstić information content (AvgIpc) is 2.24. The normalized spacial score (nSPS) is 11.3. The highest BCUT2D eigenvalue weighted by Gasteiger charge is 2.32. The SMILES string of the molecule is OCCCCOc1ccccc1OC(F)(F)F. The zero-order valence-electron chi connectivity index (χ0n) is 9.04. The van der Waals surface area contributed by atoms with Crippen LogP contribution in [0.5, 0.6) is 11.5 Å². The quantitative estimate of drug-likeness (QED) is 0.789. The van der Waals surface area contributed by atoms with Crippen LogP contribution in [0.3, 0.4) is 0 Å². The van der Waals surface area contributed by atoms with Gasteiger partial charge in [0.15, 0.2) is 11.5 Å². The molecule has 1 aromatic rings. The molecule has 96 valence electrons. The third-order valence-electron chi connectivity index (χ3n) is 1.88. The fourth-order valence-electron chi connectivity index (χ4n) is 1.17. The summed E-state index contributed by atoms with van der Waals surface area (Å²) in [4.78, 5) is 0. The Balaban J connectivity index is 2.58. The largest absolute Gasteiger partial charge is 0.573 e. The van der Waals surface area contributed by atoms with Gasteiger partial charge in [-0.3, -0.25) is 0 Å². The highest BCUT2D eigenvalue weighted by molar-refractivity contribution is 5.39. The molecule has 0 bridgehead atoms. The van der Waals surface area contributed by atoms with Crippen LogP contribution in [0.4, 0.5) is 13.2 Å². The van der Waals surface area contributed by atoms with Crippen molar-refractivity contribution >= 4 is 0 Å². The van der Waals surface area contributed by atoms with Crippen molar-refractivity contribution in [1.29, 1.82) is 0 Å². The number of aliphatic hydroxyl groups is 1. The van der Waals surface area contributed by atoms with Crippen LogP contribution in [0.2, 0.25) is 0 Å². The van der Waals surface area contributed by atoms with E-state index < -0.39 is 6.36 Å². The standard InChI is InChI=1S/C11H13F3O3/c12-11(13,14)17-10-6-2-1-5-9(10)16-8-4-3-7-15/h1-2,5-6,15H,3-4,7-8H2. The number of ether oxygens (including phenoxy) is 2. The topological polar surface area (TPSA) is 38.7 Å². The summed E-state index contributed by atoms with van der Waals surface area (Å²) in [6.45, 7) is 0.267. The van der Waals surface area contributed by atoms with Gasteiger partial charge in [-0.1, -0.05) is 12.1 Å². The van der Waals surface area contributed by atoms with E-state index in [1.165, 1.54) is 18.2 Å². The van der Waals surface area contributed by atoms with Crippen molar-refractivity contribution in [3.8, 4) is 11.5 Å². The van der Waals surface area contributed by atoms with E-state index >= 15 is 0 Å². The Morgan fingerprint density at radius 1 is 1.06 bits per heavy atom. The molecule has 0 spiro atoms. The van der Waals surface area contributed by atoms with E-state index in [4.69, 9.17) is 9.84 Å². The minimum atomic E-state index is -4.73. The number of hydrogen-bond donors (Lipinski definition) is 1. The van der Waals surface area contributed by atoms with Crippen LogP contribution in [0.15, 0.2) is 24.3 Å². The maximum absolute atomic E-state index is 12.1. The highest BCUT2D eigenvalue weighted by Crippen LogP contribution is 2.31. The summed E-state index contributed by atoms with van der Waals surface area (Å²) in [6.07, 6.45) is -3.62. The van der Waals surface area contributed by atoms with Crippen molar-refractivity contribution in [3.05, 3.63) is 24.3 Å². The summed E-state index contributed by atoms with van der Waals surface area (Å²) in [5.41, 5.74) is 0. The smallest absolute Gasteiger partial charge is 0.490 e. The Kier molecular flexibility index (Phi) is 5.09. The summed E-state index contributed by atoms with van der Waals surface area (Å²) in [5.74, 6) is -0.313. The minimum absolute atomic E-state index is 0.0318. The summed E-state index contributed by atoms with van der Waals surface area (Å²) in [6, 6.07) is 5.58. The molecular formula is C11H13F3O3. The molecule has 1 N–H and O–H groups in total. The first-order valence-corrected chi connectivity index (χ1v) is 5.11. The van der Waals surface area contributed by atoms with Gasteiger partial charge in [-0.25, -0.2) is 0 Å². The molecule has 0 saturated carbocycles. The summed E-state index contributed by atoms with van der Waals surface area (Å²) in [7, 11) is 0. The van der Waals surface area contributed by atoms with Gasteiger partial charge in [0.1, 0.15) is 0 Å². The lowest BCUT2D eigenvalue weighted by molar-refractivity contribution is -0.275. The number of hydrogen-bond acceptors (Lipinski definition) is 3. The first kappa shape index (κ1) is 13.6. The van der Waals surface area contributed by atoms with Crippen LogP contribution in [-0.2, 0) is 0 Å². The third-order valence-corrected chi connectivity index (χ3v) is 1.88. The summed E-state index contributed by atoms with van der Waals surface area (Å²) < 4.78 is 45.1. The maximum atomic E-state index is 12.1. The second-order valence-electron chi connectivity index (χ2n) is 3.27. The average molecular weight is 250 g/mol. The van der Waals surface area contributed by atoms with E-state index in [1.54, 1.807) is 6.07 Å². The van der Waals surface area contributed by atoms with Crippen LogP contribution < -0.4 is 9.47 Å². The predicted molar refractivity (Wildman–Crippen MR) is 54.9 cm³/mol. The minimum Gasteiger partial charge on any atom is -0.490 e. The Bertz CT molecular complexity index is 339. The zero-order chi connectivity index (χ0) is 12.7. The molecule has 0 fully saturated rings. The van der Waals surface area contributed by atoms with Gasteiger partial charge >= 0.3 is 6.36 Å². The molecule has 1 aromatic carbocycles. The van der Waals surface area contributed by atoms with Crippen molar-refractivity contribution in [3.63, 3.8) is 0 Å². The van der Waals surface area contributed by atoms with E-state index in [-0.39, 0.29) is 24.7 Å². The third kappa shape index (κ3) is 5.44. The summed E-state index contributed by atoms with van der Waals surface area (Å²) in [5, 5.41) is 8.54. The Morgan fingerprint density at radius 3 is 2.29 bits per heavy atom. The second kappa shape index (κ2) is 6.34. The number of benzene rings is 1. The molecule has 1 rings (SSSR count). The van der Waals surface area contributed by atoms with E-state index in [0.29, 0.717) is 12.8 Å². The molecule has 0 aliphatic heterocycles. The molecule has 0 aromatic heterocycles.